The monoisotopic (exact) mass is 279 g/mol. The van der Waals surface area contributed by atoms with Gasteiger partial charge in [0.2, 0.25) is 11.8 Å². The summed E-state index contributed by atoms with van der Waals surface area (Å²) in [6, 6.07) is 0. The second-order valence-electron chi connectivity index (χ2n) is 3.81. The number of hydrogen-bond donors (Lipinski definition) is 1. The summed E-state index contributed by atoms with van der Waals surface area (Å²) in [5, 5.41) is 0. The van der Waals surface area contributed by atoms with Crippen LogP contribution in [0.15, 0.2) is 6.33 Å². The van der Waals surface area contributed by atoms with Crippen molar-refractivity contribution in [2.45, 2.75) is 32.4 Å². The lowest BCUT2D eigenvalue weighted by Gasteiger charge is -2.11. The van der Waals surface area contributed by atoms with Gasteiger partial charge in [-0.15, -0.1) is 0 Å². The number of anilines is 1. The van der Waals surface area contributed by atoms with Gasteiger partial charge in [0, 0.05) is 6.42 Å². The minimum absolute atomic E-state index is 0.0447. The zero-order valence-corrected chi connectivity index (χ0v) is 10.5. The molecule has 0 radical (unpaired) electrons. The third kappa shape index (κ3) is 5.62. The maximum absolute atomic E-state index is 11.9. The van der Waals surface area contributed by atoms with Crippen molar-refractivity contribution in [1.82, 2.24) is 9.97 Å². The second kappa shape index (κ2) is 7.01. The summed E-state index contributed by atoms with van der Waals surface area (Å²) < 4.78 is 46.2. The van der Waals surface area contributed by atoms with Crippen LogP contribution in [-0.2, 0) is 0 Å². The number of hydrogen-bond acceptors (Lipinski definition) is 5. The first-order chi connectivity index (χ1) is 8.94. The van der Waals surface area contributed by atoms with E-state index in [1.54, 1.807) is 0 Å². The summed E-state index contributed by atoms with van der Waals surface area (Å²) in [4.78, 5) is 7.59. The van der Waals surface area contributed by atoms with Crippen molar-refractivity contribution >= 4 is 5.69 Å². The van der Waals surface area contributed by atoms with Gasteiger partial charge in [-0.05, 0) is 12.8 Å². The fraction of sp³-hybridized carbons (Fsp3) is 0.636. The number of nitrogens with zero attached hydrogens (tertiary/aromatic N) is 2. The fourth-order valence-corrected chi connectivity index (χ4v) is 1.23. The van der Waals surface area contributed by atoms with E-state index < -0.39 is 12.6 Å². The molecule has 0 bridgehead atoms. The molecule has 0 spiro atoms. The highest BCUT2D eigenvalue weighted by molar-refractivity contribution is 5.55. The van der Waals surface area contributed by atoms with E-state index in [-0.39, 0.29) is 30.5 Å². The number of ether oxygens (including phenoxy) is 2. The molecule has 0 amide bonds. The molecule has 1 aromatic rings. The van der Waals surface area contributed by atoms with Gasteiger partial charge in [-0.3, -0.25) is 0 Å². The zero-order chi connectivity index (χ0) is 14.3. The van der Waals surface area contributed by atoms with E-state index in [2.05, 4.69) is 9.97 Å². The van der Waals surface area contributed by atoms with E-state index in [0.29, 0.717) is 6.61 Å². The summed E-state index contributed by atoms with van der Waals surface area (Å²) >= 11 is 0. The van der Waals surface area contributed by atoms with Crippen LogP contribution < -0.4 is 15.2 Å². The van der Waals surface area contributed by atoms with Crippen LogP contribution in [0.5, 0.6) is 11.8 Å². The Morgan fingerprint density at radius 3 is 2.26 bits per heavy atom. The van der Waals surface area contributed by atoms with Crippen molar-refractivity contribution < 1.29 is 22.6 Å². The van der Waals surface area contributed by atoms with E-state index in [1.165, 1.54) is 6.33 Å². The van der Waals surface area contributed by atoms with Crippen molar-refractivity contribution in [3.63, 3.8) is 0 Å². The Bertz CT molecular complexity index is 399. The van der Waals surface area contributed by atoms with Crippen molar-refractivity contribution in [3.05, 3.63) is 6.33 Å². The van der Waals surface area contributed by atoms with Crippen LogP contribution in [0.3, 0.4) is 0 Å². The van der Waals surface area contributed by atoms with Gasteiger partial charge in [-0.2, -0.15) is 23.1 Å². The van der Waals surface area contributed by atoms with Crippen LogP contribution in [0.2, 0.25) is 0 Å². The smallest absolute Gasteiger partial charge is 0.389 e. The largest absolute Gasteiger partial charge is 0.476 e. The highest BCUT2D eigenvalue weighted by atomic mass is 19.4. The number of nitrogen functional groups attached to an aromatic ring is 1. The Morgan fingerprint density at radius 2 is 1.74 bits per heavy atom. The maximum Gasteiger partial charge on any atom is 0.389 e. The normalized spacial score (nSPS) is 11.4. The van der Waals surface area contributed by atoms with Crippen LogP contribution in [-0.4, -0.2) is 29.4 Å². The summed E-state index contributed by atoms with van der Waals surface area (Å²) in [6.45, 7) is 2.24. The van der Waals surface area contributed by atoms with Crippen molar-refractivity contribution in [1.29, 1.82) is 0 Å². The molecule has 0 fully saturated rings. The number of rotatable bonds is 7. The Balaban J connectivity index is 2.49. The first-order valence-electron chi connectivity index (χ1n) is 5.87. The van der Waals surface area contributed by atoms with E-state index in [9.17, 15) is 13.2 Å². The number of nitrogens with two attached hydrogens (primary N) is 1. The van der Waals surface area contributed by atoms with Crippen LogP contribution in [0.25, 0.3) is 0 Å². The van der Waals surface area contributed by atoms with Gasteiger partial charge < -0.3 is 15.2 Å². The molecule has 0 atom stereocenters. The Hall–Kier alpha value is -1.73. The van der Waals surface area contributed by atoms with Gasteiger partial charge >= 0.3 is 6.18 Å². The molecule has 1 rings (SSSR count). The fourth-order valence-electron chi connectivity index (χ4n) is 1.23. The second-order valence-corrected chi connectivity index (χ2v) is 3.81. The SMILES string of the molecule is CCCOc1ncnc(OCCCC(F)(F)F)c1N. The molecular weight excluding hydrogens is 263 g/mol. The van der Waals surface area contributed by atoms with E-state index in [0.717, 1.165) is 6.42 Å². The molecule has 5 nitrogen and oxygen atoms in total. The average Bonchev–Trinajstić information content (AvgIpc) is 2.33. The van der Waals surface area contributed by atoms with Crippen molar-refractivity contribution in [2.24, 2.45) is 0 Å². The molecule has 1 heterocycles. The van der Waals surface area contributed by atoms with Crippen LogP contribution in [0, 0.1) is 0 Å². The zero-order valence-electron chi connectivity index (χ0n) is 10.5. The molecule has 0 aliphatic rings. The highest BCUT2D eigenvalue weighted by Crippen LogP contribution is 2.27. The summed E-state index contributed by atoms with van der Waals surface area (Å²) in [5.41, 5.74) is 5.79. The molecule has 0 saturated carbocycles. The minimum Gasteiger partial charge on any atom is -0.476 e. The van der Waals surface area contributed by atoms with Crippen molar-refractivity contribution in [2.75, 3.05) is 18.9 Å². The quantitative estimate of drug-likeness (QED) is 0.777. The third-order valence-corrected chi connectivity index (χ3v) is 2.10. The molecule has 0 aliphatic carbocycles. The molecule has 0 saturated heterocycles. The molecule has 19 heavy (non-hydrogen) atoms. The van der Waals surface area contributed by atoms with Gasteiger partial charge in [0.05, 0.1) is 13.2 Å². The van der Waals surface area contributed by atoms with Crippen LogP contribution in [0.1, 0.15) is 26.2 Å². The number of alkyl halides is 3. The van der Waals surface area contributed by atoms with E-state index in [4.69, 9.17) is 15.2 Å². The minimum atomic E-state index is -4.18. The Morgan fingerprint density at radius 1 is 1.16 bits per heavy atom. The highest BCUT2D eigenvalue weighted by Gasteiger charge is 2.26. The average molecular weight is 279 g/mol. The third-order valence-electron chi connectivity index (χ3n) is 2.10. The van der Waals surface area contributed by atoms with Gasteiger partial charge in [-0.25, -0.2) is 0 Å². The molecule has 1 aromatic heterocycles. The molecule has 0 aromatic carbocycles. The topological polar surface area (TPSA) is 70.3 Å². The number of halogens is 3. The molecule has 0 aliphatic heterocycles. The Labute approximate surface area is 108 Å². The summed E-state index contributed by atoms with van der Waals surface area (Å²) in [5.74, 6) is 0.228. The van der Waals surface area contributed by atoms with Gasteiger partial charge in [0.25, 0.3) is 0 Å². The molecular formula is C11H16F3N3O2. The molecule has 2 N–H and O–H groups in total. The number of aromatic nitrogens is 2. The standard InChI is InChI=1S/C11H16F3N3O2/c1-2-5-18-9-8(15)10(17-7-16-9)19-6-3-4-11(12,13)14/h7H,2-6,15H2,1H3. The van der Waals surface area contributed by atoms with Gasteiger partial charge in [0.1, 0.15) is 6.33 Å². The first kappa shape index (κ1) is 15.3. The van der Waals surface area contributed by atoms with Crippen molar-refractivity contribution in [3.8, 4) is 11.8 Å². The predicted molar refractivity (Wildman–Crippen MR) is 63.0 cm³/mol. The maximum atomic E-state index is 11.9. The lowest BCUT2D eigenvalue weighted by molar-refractivity contribution is -0.136. The lowest BCUT2D eigenvalue weighted by Crippen LogP contribution is -2.11. The molecule has 108 valence electrons. The van der Waals surface area contributed by atoms with E-state index >= 15 is 0 Å². The predicted octanol–water partition coefficient (Wildman–Crippen LogP) is 2.57. The molecule has 0 unspecified atom stereocenters. The lowest BCUT2D eigenvalue weighted by atomic mass is 10.3. The summed E-state index contributed by atoms with van der Waals surface area (Å²) in [7, 11) is 0. The van der Waals surface area contributed by atoms with Crippen LogP contribution >= 0.6 is 0 Å². The summed E-state index contributed by atoms with van der Waals surface area (Å²) in [6.07, 6.45) is -3.27. The first-order valence-corrected chi connectivity index (χ1v) is 5.87. The molecule has 8 heteroatoms. The van der Waals surface area contributed by atoms with Gasteiger partial charge in [0.15, 0.2) is 5.69 Å². The Kier molecular flexibility index (Phi) is 5.65. The van der Waals surface area contributed by atoms with E-state index in [1.807, 2.05) is 6.92 Å². The van der Waals surface area contributed by atoms with Gasteiger partial charge in [-0.1, -0.05) is 6.92 Å². The van der Waals surface area contributed by atoms with Crippen LogP contribution in [0.4, 0.5) is 18.9 Å².